The van der Waals surface area contributed by atoms with Crippen LogP contribution in [-0.4, -0.2) is 48.1 Å². The van der Waals surface area contributed by atoms with Crippen molar-refractivity contribution < 1.29 is 14.7 Å². The highest BCUT2D eigenvalue weighted by Crippen LogP contribution is 2.23. The number of piperidine rings is 1. The lowest BCUT2D eigenvalue weighted by molar-refractivity contribution is -0.138. The third-order valence-electron chi connectivity index (χ3n) is 3.38. The molecule has 5 nitrogen and oxygen atoms in total. The predicted octanol–water partition coefficient (Wildman–Crippen LogP) is 0.555. The van der Waals surface area contributed by atoms with Crippen LogP contribution in [0, 0.1) is 11.8 Å². The molecular formula is C12H22N2O3. The van der Waals surface area contributed by atoms with Gasteiger partial charge in [-0.25, -0.2) is 0 Å². The molecule has 0 aliphatic carbocycles. The standard InChI is InChI=1S/C12H22N2O3/c1-9(2)10-3-5-14(6-4-10)8-11(15)13-7-12(16)17/h9-10H,3-8H2,1-2H3,(H,13,15)(H,16,17). The van der Waals surface area contributed by atoms with Crippen LogP contribution in [0.4, 0.5) is 0 Å². The smallest absolute Gasteiger partial charge is 0.322 e. The average Bonchev–Trinajstić information content (AvgIpc) is 2.27. The first kappa shape index (κ1) is 14.0. The summed E-state index contributed by atoms with van der Waals surface area (Å²) in [6.45, 7) is 6.37. The Balaban J connectivity index is 2.21. The van der Waals surface area contributed by atoms with Crippen molar-refractivity contribution in [3.8, 4) is 0 Å². The van der Waals surface area contributed by atoms with Gasteiger partial charge in [-0.05, 0) is 37.8 Å². The molecule has 0 spiro atoms. The summed E-state index contributed by atoms with van der Waals surface area (Å²) in [6, 6.07) is 0. The number of carbonyl (C=O) groups is 2. The summed E-state index contributed by atoms with van der Waals surface area (Å²) in [5.41, 5.74) is 0. The highest BCUT2D eigenvalue weighted by Gasteiger charge is 2.22. The summed E-state index contributed by atoms with van der Waals surface area (Å²) in [7, 11) is 0. The van der Waals surface area contributed by atoms with E-state index in [1.807, 2.05) is 0 Å². The molecule has 2 N–H and O–H groups in total. The van der Waals surface area contributed by atoms with E-state index in [-0.39, 0.29) is 12.5 Å². The molecule has 98 valence electrons. The molecule has 0 aromatic rings. The molecule has 0 aromatic carbocycles. The van der Waals surface area contributed by atoms with Crippen LogP contribution in [0.2, 0.25) is 0 Å². The number of nitrogens with one attached hydrogen (secondary N) is 1. The Hall–Kier alpha value is -1.10. The summed E-state index contributed by atoms with van der Waals surface area (Å²) in [4.78, 5) is 23.8. The summed E-state index contributed by atoms with van der Waals surface area (Å²) < 4.78 is 0. The number of carboxylic acid groups (broad SMARTS) is 1. The molecule has 0 radical (unpaired) electrons. The molecule has 1 heterocycles. The lowest BCUT2D eigenvalue weighted by Crippen LogP contribution is -2.43. The molecule has 0 bridgehead atoms. The van der Waals surface area contributed by atoms with E-state index in [2.05, 4.69) is 24.1 Å². The number of carbonyl (C=O) groups excluding carboxylic acids is 1. The molecule has 1 fully saturated rings. The molecule has 1 aliphatic heterocycles. The topological polar surface area (TPSA) is 69.6 Å². The number of carboxylic acids is 1. The first-order valence-corrected chi connectivity index (χ1v) is 6.20. The van der Waals surface area contributed by atoms with Crippen LogP contribution in [0.3, 0.4) is 0 Å². The zero-order valence-corrected chi connectivity index (χ0v) is 10.6. The maximum atomic E-state index is 11.4. The molecule has 0 atom stereocenters. The van der Waals surface area contributed by atoms with Crippen molar-refractivity contribution in [1.82, 2.24) is 10.2 Å². The summed E-state index contributed by atoms with van der Waals surface area (Å²) in [6.07, 6.45) is 2.26. The van der Waals surface area contributed by atoms with Gasteiger partial charge in [-0.3, -0.25) is 14.5 Å². The molecule has 0 unspecified atom stereocenters. The molecule has 1 aliphatic rings. The minimum atomic E-state index is -1.00. The predicted molar refractivity (Wildman–Crippen MR) is 64.6 cm³/mol. The van der Waals surface area contributed by atoms with Crippen LogP contribution >= 0.6 is 0 Å². The third-order valence-corrected chi connectivity index (χ3v) is 3.38. The van der Waals surface area contributed by atoms with Gasteiger partial charge in [-0.2, -0.15) is 0 Å². The van der Waals surface area contributed by atoms with Gasteiger partial charge in [-0.1, -0.05) is 13.8 Å². The number of amides is 1. The van der Waals surface area contributed by atoms with Gasteiger partial charge in [0.15, 0.2) is 0 Å². The van der Waals surface area contributed by atoms with Crippen LogP contribution in [-0.2, 0) is 9.59 Å². The van der Waals surface area contributed by atoms with Crippen LogP contribution < -0.4 is 5.32 Å². The molecule has 0 saturated carbocycles. The van der Waals surface area contributed by atoms with Crippen LogP contribution in [0.15, 0.2) is 0 Å². The third kappa shape index (κ3) is 5.17. The molecule has 17 heavy (non-hydrogen) atoms. The monoisotopic (exact) mass is 242 g/mol. The highest BCUT2D eigenvalue weighted by atomic mass is 16.4. The summed E-state index contributed by atoms with van der Waals surface area (Å²) in [5, 5.41) is 10.8. The van der Waals surface area contributed by atoms with Gasteiger partial charge in [0, 0.05) is 0 Å². The van der Waals surface area contributed by atoms with Gasteiger partial charge in [0.1, 0.15) is 6.54 Å². The second-order valence-electron chi connectivity index (χ2n) is 5.03. The fourth-order valence-corrected chi connectivity index (χ4v) is 2.21. The van der Waals surface area contributed by atoms with E-state index in [4.69, 9.17) is 5.11 Å². The zero-order valence-electron chi connectivity index (χ0n) is 10.6. The van der Waals surface area contributed by atoms with Crippen molar-refractivity contribution in [3.63, 3.8) is 0 Å². The lowest BCUT2D eigenvalue weighted by Gasteiger charge is -2.33. The second kappa shape index (κ2) is 6.59. The van der Waals surface area contributed by atoms with Gasteiger partial charge < -0.3 is 10.4 Å². The van der Waals surface area contributed by atoms with E-state index in [1.165, 1.54) is 0 Å². The Morgan fingerprint density at radius 1 is 1.35 bits per heavy atom. The minimum Gasteiger partial charge on any atom is -0.480 e. The number of rotatable bonds is 5. The van der Waals surface area contributed by atoms with E-state index >= 15 is 0 Å². The number of hydrogen-bond donors (Lipinski definition) is 2. The number of nitrogens with zero attached hydrogens (tertiary/aromatic N) is 1. The van der Waals surface area contributed by atoms with Crippen molar-refractivity contribution in [1.29, 1.82) is 0 Å². The normalized spacial score (nSPS) is 18.3. The van der Waals surface area contributed by atoms with E-state index in [9.17, 15) is 9.59 Å². The zero-order chi connectivity index (χ0) is 12.8. The van der Waals surface area contributed by atoms with Crippen LogP contribution in [0.25, 0.3) is 0 Å². The summed E-state index contributed by atoms with van der Waals surface area (Å²) in [5.74, 6) is 0.263. The van der Waals surface area contributed by atoms with E-state index < -0.39 is 5.97 Å². The maximum absolute atomic E-state index is 11.4. The highest BCUT2D eigenvalue weighted by molar-refractivity contribution is 5.82. The SMILES string of the molecule is CC(C)C1CCN(CC(=O)NCC(=O)O)CC1. The molecule has 1 saturated heterocycles. The Labute approximate surface area is 102 Å². The Morgan fingerprint density at radius 2 is 1.94 bits per heavy atom. The number of aliphatic carboxylic acids is 1. The van der Waals surface area contributed by atoms with Gasteiger partial charge in [-0.15, -0.1) is 0 Å². The van der Waals surface area contributed by atoms with E-state index in [0.717, 1.165) is 31.8 Å². The fourth-order valence-electron chi connectivity index (χ4n) is 2.21. The first-order valence-electron chi connectivity index (χ1n) is 6.20. The quantitative estimate of drug-likeness (QED) is 0.739. The van der Waals surface area contributed by atoms with Crippen molar-refractivity contribution in [3.05, 3.63) is 0 Å². The lowest BCUT2D eigenvalue weighted by atomic mass is 9.87. The Morgan fingerprint density at radius 3 is 2.41 bits per heavy atom. The Kier molecular flexibility index (Phi) is 5.41. The van der Waals surface area contributed by atoms with E-state index in [0.29, 0.717) is 12.5 Å². The molecule has 1 rings (SSSR count). The van der Waals surface area contributed by atoms with Crippen molar-refractivity contribution in [2.45, 2.75) is 26.7 Å². The molecule has 5 heteroatoms. The van der Waals surface area contributed by atoms with Gasteiger partial charge in [0.25, 0.3) is 0 Å². The largest absolute Gasteiger partial charge is 0.480 e. The Bertz CT molecular complexity index is 271. The van der Waals surface area contributed by atoms with Crippen LogP contribution in [0.5, 0.6) is 0 Å². The fraction of sp³-hybridized carbons (Fsp3) is 0.833. The maximum Gasteiger partial charge on any atom is 0.322 e. The van der Waals surface area contributed by atoms with E-state index in [1.54, 1.807) is 0 Å². The average molecular weight is 242 g/mol. The number of hydrogen-bond acceptors (Lipinski definition) is 3. The van der Waals surface area contributed by atoms with Crippen LogP contribution in [0.1, 0.15) is 26.7 Å². The number of likely N-dealkylation sites (tertiary alicyclic amines) is 1. The van der Waals surface area contributed by atoms with Crippen molar-refractivity contribution >= 4 is 11.9 Å². The van der Waals surface area contributed by atoms with Gasteiger partial charge in [0.05, 0.1) is 6.54 Å². The first-order chi connectivity index (χ1) is 7.99. The minimum absolute atomic E-state index is 0.199. The van der Waals surface area contributed by atoms with Gasteiger partial charge in [0.2, 0.25) is 5.91 Å². The van der Waals surface area contributed by atoms with Crippen molar-refractivity contribution in [2.75, 3.05) is 26.2 Å². The molecule has 1 amide bonds. The van der Waals surface area contributed by atoms with Gasteiger partial charge >= 0.3 is 5.97 Å². The summed E-state index contributed by atoms with van der Waals surface area (Å²) >= 11 is 0. The second-order valence-corrected chi connectivity index (χ2v) is 5.03. The van der Waals surface area contributed by atoms with Crippen molar-refractivity contribution in [2.24, 2.45) is 11.8 Å². The molecular weight excluding hydrogens is 220 g/mol. The molecule has 0 aromatic heterocycles.